The highest BCUT2D eigenvalue weighted by molar-refractivity contribution is 6.30. The van der Waals surface area contributed by atoms with Gasteiger partial charge in [-0.05, 0) is 41.3 Å². The molecule has 0 spiro atoms. The minimum atomic E-state index is -0.186. The second kappa shape index (κ2) is 9.70. The summed E-state index contributed by atoms with van der Waals surface area (Å²) in [5.74, 6) is 0.532. The summed E-state index contributed by atoms with van der Waals surface area (Å²) in [6.07, 6.45) is 6.91. The number of anilines is 1. The molecule has 0 aliphatic carbocycles. The van der Waals surface area contributed by atoms with Crippen LogP contribution in [0.2, 0.25) is 5.02 Å². The maximum Gasteiger partial charge on any atom is 0.249 e. The highest BCUT2D eigenvalue weighted by Gasteiger charge is 2.38. The Morgan fingerprint density at radius 1 is 1.06 bits per heavy atom. The van der Waals surface area contributed by atoms with E-state index in [1.54, 1.807) is 30.7 Å². The van der Waals surface area contributed by atoms with Crippen LogP contribution in [-0.4, -0.2) is 58.1 Å². The zero-order valence-electron chi connectivity index (χ0n) is 20.2. The van der Waals surface area contributed by atoms with E-state index in [0.717, 1.165) is 35.3 Å². The first kappa shape index (κ1) is 23.9. The second-order valence-electron chi connectivity index (χ2n) is 10.0. The molecule has 0 unspecified atom stereocenters. The third kappa shape index (κ3) is 5.23. The number of likely N-dealkylation sites (tertiary alicyclic amines) is 1. The zero-order chi connectivity index (χ0) is 25.3. The number of nitrogens with one attached hydrogen (secondary N) is 1. The molecule has 1 N–H and O–H groups in total. The van der Waals surface area contributed by atoms with Gasteiger partial charge in [-0.25, -0.2) is 4.98 Å². The number of halogens is 1. The molecule has 1 fully saturated rings. The molecular formula is C27H27ClN6O2. The second-order valence-corrected chi connectivity index (χ2v) is 10.5. The number of carbonyl (C=O) groups excluding carboxylic acids is 2. The Morgan fingerprint density at radius 2 is 1.83 bits per heavy atom. The Morgan fingerprint density at radius 3 is 2.53 bits per heavy atom. The van der Waals surface area contributed by atoms with Crippen LogP contribution in [0.15, 0.2) is 60.6 Å². The summed E-state index contributed by atoms with van der Waals surface area (Å²) >= 11 is 5.96. The van der Waals surface area contributed by atoms with Crippen molar-refractivity contribution >= 4 is 35.3 Å². The first-order chi connectivity index (χ1) is 17.3. The molecule has 2 aliphatic heterocycles. The number of fused-ring (bicyclic) bond motifs is 1. The van der Waals surface area contributed by atoms with Gasteiger partial charge < -0.3 is 15.1 Å². The number of hydrogen-bond donors (Lipinski definition) is 1. The van der Waals surface area contributed by atoms with Crippen LogP contribution < -0.4 is 10.2 Å². The summed E-state index contributed by atoms with van der Waals surface area (Å²) < 4.78 is 0. The van der Waals surface area contributed by atoms with Crippen LogP contribution in [0.5, 0.6) is 0 Å². The third-order valence-electron chi connectivity index (χ3n) is 6.38. The number of benzene rings is 1. The van der Waals surface area contributed by atoms with Gasteiger partial charge in [0, 0.05) is 53.1 Å². The van der Waals surface area contributed by atoms with Gasteiger partial charge in [0.25, 0.3) is 0 Å². The molecule has 9 heteroatoms. The van der Waals surface area contributed by atoms with Gasteiger partial charge in [0.05, 0.1) is 25.5 Å². The van der Waals surface area contributed by atoms with Crippen molar-refractivity contribution < 1.29 is 9.59 Å². The van der Waals surface area contributed by atoms with Gasteiger partial charge in [0.15, 0.2) is 0 Å². The molecule has 184 valence electrons. The van der Waals surface area contributed by atoms with Crippen LogP contribution in [0.1, 0.15) is 25.0 Å². The van der Waals surface area contributed by atoms with Crippen LogP contribution in [0.25, 0.3) is 17.2 Å². The molecule has 2 amide bonds. The molecule has 36 heavy (non-hydrogen) atoms. The standard InChI is InChI=1S/C27H27ClN6O2/c1-27(2)16-34(17-27)24(35)15-33-14-22(26(36)30-11-18-3-5-23(28)6-4-18)10-20-9-21(12-29-25(20)33)19-7-8-31-32-13-19/h3-10,12-13H,11,14-17H2,1-2H3,(H,30,36). The monoisotopic (exact) mass is 502 g/mol. The lowest BCUT2D eigenvalue weighted by atomic mass is 9.84. The van der Waals surface area contributed by atoms with Crippen LogP contribution in [0.3, 0.4) is 0 Å². The van der Waals surface area contributed by atoms with Gasteiger partial charge in [-0.1, -0.05) is 37.6 Å². The third-order valence-corrected chi connectivity index (χ3v) is 6.63. The molecule has 0 saturated carbocycles. The minimum Gasteiger partial charge on any atom is -0.348 e. The van der Waals surface area contributed by atoms with E-state index in [4.69, 9.17) is 11.6 Å². The van der Waals surface area contributed by atoms with Crippen molar-refractivity contribution in [2.45, 2.75) is 20.4 Å². The molecule has 2 aromatic heterocycles. The Hall–Kier alpha value is -3.78. The van der Waals surface area contributed by atoms with Crippen molar-refractivity contribution in [1.29, 1.82) is 0 Å². The number of rotatable bonds is 6. The number of pyridine rings is 1. The summed E-state index contributed by atoms with van der Waals surface area (Å²) in [6.45, 7) is 6.60. The summed E-state index contributed by atoms with van der Waals surface area (Å²) in [7, 11) is 0. The van der Waals surface area contributed by atoms with E-state index in [2.05, 4.69) is 34.3 Å². The van der Waals surface area contributed by atoms with Crippen LogP contribution >= 0.6 is 11.6 Å². The zero-order valence-corrected chi connectivity index (χ0v) is 21.0. The first-order valence-electron chi connectivity index (χ1n) is 11.8. The average Bonchev–Trinajstić information content (AvgIpc) is 2.86. The van der Waals surface area contributed by atoms with Gasteiger partial charge in [-0.2, -0.15) is 10.2 Å². The molecule has 4 heterocycles. The van der Waals surface area contributed by atoms with E-state index < -0.39 is 0 Å². The number of aromatic nitrogens is 3. The van der Waals surface area contributed by atoms with Crippen LogP contribution in [0, 0.1) is 5.41 Å². The lowest BCUT2D eigenvalue weighted by molar-refractivity contribution is -0.139. The van der Waals surface area contributed by atoms with Gasteiger partial charge in [-0.15, -0.1) is 0 Å². The summed E-state index contributed by atoms with van der Waals surface area (Å²) in [5, 5.41) is 11.4. The van der Waals surface area contributed by atoms with Crippen molar-refractivity contribution in [3.8, 4) is 11.1 Å². The first-order valence-corrected chi connectivity index (χ1v) is 12.2. The highest BCUT2D eigenvalue weighted by Crippen LogP contribution is 2.32. The van der Waals surface area contributed by atoms with Gasteiger partial charge in [0.1, 0.15) is 5.82 Å². The van der Waals surface area contributed by atoms with Crippen molar-refractivity contribution in [1.82, 2.24) is 25.4 Å². The minimum absolute atomic E-state index is 0.0345. The Bertz CT molecular complexity index is 1320. The molecule has 0 radical (unpaired) electrons. The van der Waals surface area contributed by atoms with Crippen LogP contribution in [0.4, 0.5) is 5.82 Å². The summed E-state index contributed by atoms with van der Waals surface area (Å²) in [6, 6.07) is 11.2. The van der Waals surface area contributed by atoms with E-state index in [0.29, 0.717) is 29.5 Å². The molecule has 5 rings (SSSR count). The molecule has 1 saturated heterocycles. The maximum absolute atomic E-state index is 13.2. The summed E-state index contributed by atoms with van der Waals surface area (Å²) in [4.78, 5) is 34.6. The van der Waals surface area contributed by atoms with E-state index >= 15 is 0 Å². The van der Waals surface area contributed by atoms with Gasteiger partial charge >= 0.3 is 0 Å². The summed E-state index contributed by atoms with van der Waals surface area (Å²) in [5.41, 5.74) is 4.18. The average molecular weight is 503 g/mol. The fourth-order valence-corrected chi connectivity index (χ4v) is 4.70. The van der Waals surface area contributed by atoms with E-state index in [-0.39, 0.29) is 23.8 Å². The maximum atomic E-state index is 13.2. The van der Waals surface area contributed by atoms with Crippen molar-refractivity contribution in [3.05, 3.63) is 76.7 Å². The molecule has 3 aromatic rings. The van der Waals surface area contributed by atoms with E-state index in [1.165, 1.54) is 0 Å². The number of carbonyl (C=O) groups is 2. The molecular weight excluding hydrogens is 476 g/mol. The fraction of sp³-hybridized carbons (Fsp3) is 0.296. The Labute approximate surface area is 215 Å². The SMILES string of the molecule is CC1(C)CN(C(=O)CN2CC(C(=O)NCc3ccc(Cl)cc3)=Cc3cc(-c4ccnnc4)cnc32)C1. The van der Waals surface area contributed by atoms with Crippen LogP contribution in [-0.2, 0) is 16.1 Å². The van der Waals surface area contributed by atoms with Crippen molar-refractivity contribution in [2.75, 3.05) is 31.1 Å². The fourth-order valence-electron chi connectivity index (χ4n) is 4.57. The van der Waals surface area contributed by atoms with Gasteiger partial charge in [-0.3, -0.25) is 9.59 Å². The predicted molar refractivity (Wildman–Crippen MR) is 139 cm³/mol. The smallest absolute Gasteiger partial charge is 0.249 e. The Kier molecular flexibility index (Phi) is 6.45. The quantitative estimate of drug-likeness (QED) is 0.554. The van der Waals surface area contributed by atoms with Crippen molar-refractivity contribution in [3.63, 3.8) is 0 Å². The molecule has 1 aromatic carbocycles. The molecule has 0 bridgehead atoms. The van der Waals surface area contributed by atoms with E-state index in [9.17, 15) is 9.59 Å². The largest absolute Gasteiger partial charge is 0.348 e. The van der Waals surface area contributed by atoms with Crippen molar-refractivity contribution in [2.24, 2.45) is 5.41 Å². The lowest BCUT2D eigenvalue weighted by Gasteiger charge is -2.46. The molecule has 2 aliphatic rings. The van der Waals surface area contributed by atoms with Gasteiger partial charge in [0.2, 0.25) is 11.8 Å². The van der Waals surface area contributed by atoms with E-state index in [1.807, 2.05) is 40.1 Å². The lowest BCUT2D eigenvalue weighted by Crippen LogP contribution is -2.58. The highest BCUT2D eigenvalue weighted by atomic mass is 35.5. The number of hydrogen-bond acceptors (Lipinski definition) is 6. The number of amides is 2. The molecule has 8 nitrogen and oxygen atoms in total. The predicted octanol–water partition coefficient (Wildman–Crippen LogP) is 3.58. The topological polar surface area (TPSA) is 91.3 Å². The Balaban J connectivity index is 1.39. The number of nitrogens with zero attached hydrogens (tertiary/aromatic N) is 5. The molecule has 0 atom stereocenters. The normalized spacial score (nSPS) is 16.0.